The number of benzene rings is 1. The van der Waals surface area contributed by atoms with Crippen molar-refractivity contribution in [1.82, 2.24) is 14.8 Å². The molecule has 0 saturated carbocycles. The third kappa shape index (κ3) is 3.65. The number of hydrogen-bond acceptors (Lipinski definition) is 4. The lowest BCUT2D eigenvalue weighted by molar-refractivity contribution is -0.191. The molecule has 0 amide bonds. The predicted molar refractivity (Wildman–Crippen MR) is 99.9 cm³/mol. The second-order valence-electron chi connectivity index (χ2n) is 7.10. The fourth-order valence-corrected chi connectivity index (χ4v) is 2.81. The van der Waals surface area contributed by atoms with Crippen LogP contribution in [-0.2, 0) is 21.5 Å². The molecule has 0 aliphatic carbocycles. The first-order chi connectivity index (χ1) is 12.2. The van der Waals surface area contributed by atoms with Gasteiger partial charge in [0.05, 0.1) is 10.9 Å². The summed E-state index contributed by atoms with van der Waals surface area (Å²) >= 11 is 0. The third-order valence-corrected chi connectivity index (χ3v) is 4.13. The first-order valence-electron chi connectivity index (χ1n) is 8.44. The van der Waals surface area contributed by atoms with Crippen LogP contribution in [-0.4, -0.2) is 20.9 Å². The third-order valence-electron chi connectivity index (χ3n) is 4.13. The van der Waals surface area contributed by atoms with Crippen LogP contribution < -0.4 is 5.43 Å². The van der Waals surface area contributed by atoms with Crippen LogP contribution in [0.25, 0.3) is 22.3 Å². The zero-order valence-corrected chi connectivity index (χ0v) is 15.7. The van der Waals surface area contributed by atoms with Gasteiger partial charge in [-0.15, -0.1) is 0 Å². The first-order valence-corrected chi connectivity index (χ1v) is 8.44. The summed E-state index contributed by atoms with van der Waals surface area (Å²) in [6.45, 7) is 10.3. The molecule has 0 fully saturated rings. The van der Waals surface area contributed by atoms with Crippen molar-refractivity contribution in [2.45, 2.75) is 46.6 Å². The van der Waals surface area contributed by atoms with Gasteiger partial charge in [0.2, 0.25) is 0 Å². The maximum absolute atomic E-state index is 12.9. The largest absolute Gasteiger partial charge is 0.373 e. The summed E-state index contributed by atoms with van der Waals surface area (Å²) in [6, 6.07) is 8.16. The van der Waals surface area contributed by atoms with Crippen LogP contribution in [0.1, 0.15) is 38.8 Å². The minimum atomic E-state index is -0.210. The zero-order chi connectivity index (χ0) is 19.5. The van der Waals surface area contributed by atoms with Crippen LogP contribution in [0.15, 0.2) is 35.3 Å². The van der Waals surface area contributed by atoms with E-state index in [9.17, 15) is 4.79 Å². The molecule has 0 bridgehead atoms. The molecular formula is C20H23N3O3. The molecule has 0 aliphatic rings. The number of hydrogen-bond donors (Lipinski definition) is 1. The highest BCUT2D eigenvalue weighted by Gasteiger charge is 2.23. The minimum absolute atomic E-state index is 0.0762. The van der Waals surface area contributed by atoms with Crippen molar-refractivity contribution in [1.29, 1.82) is 0 Å². The molecule has 2 heterocycles. The molecule has 3 aromatic rings. The van der Waals surface area contributed by atoms with Crippen LogP contribution in [0, 0.1) is 6.92 Å². The minimum Gasteiger partial charge on any atom is -0.346 e. The van der Waals surface area contributed by atoms with Gasteiger partial charge in [0.15, 0.2) is 5.43 Å². The standard InChI is InChI=1S/C19H23N3O.CO2/c1-6-13-11-20-18-15(17(13)23)16(21-22(18)19(3,4)5)14-9-7-12(2)8-10-14;2-1-3/h7-11H,6H2,1-5H3,(H,20,23);. The molecule has 2 aromatic heterocycles. The van der Waals surface area contributed by atoms with E-state index in [0.717, 1.165) is 22.5 Å². The molecule has 6 nitrogen and oxygen atoms in total. The van der Waals surface area contributed by atoms with Crippen LogP contribution in [0.4, 0.5) is 0 Å². The number of carbonyl (C=O) groups excluding carboxylic acids is 2. The molecule has 6 heteroatoms. The van der Waals surface area contributed by atoms with Gasteiger partial charge in [-0.2, -0.15) is 14.7 Å². The number of aryl methyl sites for hydroxylation is 2. The van der Waals surface area contributed by atoms with Gasteiger partial charge < -0.3 is 4.98 Å². The summed E-state index contributed by atoms with van der Waals surface area (Å²) in [5.74, 6) is 0. The van der Waals surface area contributed by atoms with E-state index >= 15 is 0 Å². The topological polar surface area (TPSA) is 84.8 Å². The fourth-order valence-electron chi connectivity index (χ4n) is 2.81. The Labute approximate surface area is 151 Å². The van der Waals surface area contributed by atoms with Gasteiger partial charge in [0.1, 0.15) is 11.3 Å². The quantitative estimate of drug-likeness (QED) is 0.765. The highest BCUT2D eigenvalue weighted by molar-refractivity contribution is 5.91. The Hall–Kier alpha value is -2.98. The maximum atomic E-state index is 12.9. The average molecular weight is 353 g/mol. The second kappa shape index (κ2) is 7.50. The number of rotatable bonds is 2. The van der Waals surface area contributed by atoms with Gasteiger partial charge in [0, 0.05) is 17.3 Å². The molecule has 0 aliphatic heterocycles. The zero-order valence-electron chi connectivity index (χ0n) is 15.7. The number of aromatic amines is 1. The lowest BCUT2D eigenvalue weighted by Crippen LogP contribution is -2.24. The normalized spacial score (nSPS) is 11.0. The van der Waals surface area contributed by atoms with E-state index in [0.29, 0.717) is 11.8 Å². The lowest BCUT2D eigenvalue weighted by atomic mass is 10.1. The molecular weight excluding hydrogens is 330 g/mol. The molecule has 0 spiro atoms. The number of nitrogens with one attached hydrogen (secondary N) is 1. The van der Waals surface area contributed by atoms with Crippen LogP contribution in [0.5, 0.6) is 0 Å². The number of pyridine rings is 1. The Kier molecular flexibility index (Phi) is 5.58. The van der Waals surface area contributed by atoms with Gasteiger partial charge in [0.25, 0.3) is 0 Å². The van der Waals surface area contributed by atoms with Crippen LogP contribution in [0.2, 0.25) is 0 Å². The molecule has 0 atom stereocenters. The molecule has 0 radical (unpaired) electrons. The number of H-pyrrole nitrogens is 1. The molecule has 26 heavy (non-hydrogen) atoms. The van der Waals surface area contributed by atoms with Crippen LogP contribution in [0.3, 0.4) is 0 Å². The van der Waals surface area contributed by atoms with E-state index < -0.39 is 0 Å². The van der Waals surface area contributed by atoms with Crippen LogP contribution >= 0.6 is 0 Å². The van der Waals surface area contributed by atoms with E-state index in [1.54, 1.807) is 0 Å². The van der Waals surface area contributed by atoms with Gasteiger partial charge in [-0.25, -0.2) is 4.68 Å². The van der Waals surface area contributed by atoms with Crippen molar-refractivity contribution in [3.63, 3.8) is 0 Å². The Morgan fingerprint density at radius 3 is 2.23 bits per heavy atom. The van der Waals surface area contributed by atoms with Crippen molar-refractivity contribution in [3.8, 4) is 11.3 Å². The average Bonchev–Trinajstić information content (AvgIpc) is 2.97. The number of aromatic nitrogens is 3. The van der Waals surface area contributed by atoms with E-state index in [2.05, 4.69) is 44.8 Å². The van der Waals surface area contributed by atoms with Gasteiger partial charge in [-0.05, 0) is 34.1 Å². The summed E-state index contributed by atoms with van der Waals surface area (Å²) < 4.78 is 1.92. The van der Waals surface area contributed by atoms with Crippen molar-refractivity contribution < 1.29 is 9.59 Å². The van der Waals surface area contributed by atoms with E-state index in [-0.39, 0.29) is 17.1 Å². The summed E-state index contributed by atoms with van der Waals surface area (Å²) in [4.78, 5) is 32.4. The number of nitrogens with zero attached hydrogens (tertiary/aromatic N) is 2. The molecule has 0 unspecified atom stereocenters. The second-order valence-corrected chi connectivity index (χ2v) is 7.10. The molecule has 1 aromatic carbocycles. The Balaban J connectivity index is 0.000000758. The molecule has 0 saturated heterocycles. The van der Waals surface area contributed by atoms with E-state index in [4.69, 9.17) is 14.7 Å². The smallest absolute Gasteiger partial charge is 0.346 e. The van der Waals surface area contributed by atoms with Crippen molar-refractivity contribution in [2.75, 3.05) is 0 Å². The Morgan fingerprint density at radius 2 is 1.73 bits per heavy atom. The summed E-state index contributed by atoms with van der Waals surface area (Å²) in [7, 11) is 0. The van der Waals surface area contributed by atoms with E-state index in [1.165, 1.54) is 5.56 Å². The molecule has 136 valence electrons. The Bertz CT molecular complexity index is 1000. The first kappa shape index (κ1) is 19.3. The van der Waals surface area contributed by atoms with Crippen molar-refractivity contribution in [2.24, 2.45) is 0 Å². The fraction of sp³-hybridized carbons (Fsp3) is 0.350. The Morgan fingerprint density at radius 1 is 1.15 bits per heavy atom. The summed E-state index contributed by atoms with van der Waals surface area (Å²) in [5, 5.41) is 5.47. The number of fused-ring (bicyclic) bond motifs is 1. The summed E-state index contributed by atoms with van der Waals surface area (Å²) in [5.41, 5.74) is 4.37. The van der Waals surface area contributed by atoms with Gasteiger partial charge >= 0.3 is 6.15 Å². The van der Waals surface area contributed by atoms with Gasteiger partial charge in [-0.3, -0.25) is 4.79 Å². The summed E-state index contributed by atoms with van der Waals surface area (Å²) in [6.07, 6.45) is 2.77. The SMILES string of the molecule is CCc1c[nH]c2c(c(-c3ccc(C)cc3)nn2C(C)(C)C)c1=O.O=C=O. The van der Waals surface area contributed by atoms with Crippen molar-refractivity contribution >= 4 is 17.2 Å². The highest BCUT2D eigenvalue weighted by atomic mass is 16.2. The maximum Gasteiger partial charge on any atom is 0.373 e. The predicted octanol–water partition coefficient (Wildman–Crippen LogP) is 3.43. The van der Waals surface area contributed by atoms with Gasteiger partial charge in [-0.1, -0.05) is 36.8 Å². The van der Waals surface area contributed by atoms with Crippen molar-refractivity contribution in [3.05, 3.63) is 51.8 Å². The monoisotopic (exact) mass is 353 g/mol. The highest BCUT2D eigenvalue weighted by Crippen LogP contribution is 2.28. The lowest BCUT2D eigenvalue weighted by Gasteiger charge is -2.20. The van der Waals surface area contributed by atoms with E-state index in [1.807, 2.05) is 29.9 Å². The molecule has 1 N–H and O–H groups in total. The molecule has 3 rings (SSSR count).